The summed E-state index contributed by atoms with van der Waals surface area (Å²) in [7, 11) is 0. The molecule has 0 spiro atoms. The molecule has 1 fully saturated rings. The van der Waals surface area contributed by atoms with Crippen molar-refractivity contribution in [3.05, 3.63) is 42.0 Å². The first-order valence-electron chi connectivity index (χ1n) is 9.75. The number of benzene rings is 1. The van der Waals surface area contributed by atoms with Gasteiger partial charge in [0, 0.05) is 24.7 Å². The average molecular weight is 371 g/mol. The van der Waals surface area contributed by atoms with Crippen molar-refractivity contribution in [1.29, 1.82) is 0 Å². The van der Waals surface area contributed by atoms with E-state index in [0.29, 0.717) is 24.9 Å². The van der Waals surface area contributed by atoms with E-state index in [1.54, 1.807) is 0 Å². The van der Waals surface area contributed by atoms with E-state index in [9.17, 15) is 4.79 Å². The Morgan fingerprint density at radius 1 is 1.30 bits per heavy atom. The highest BCUT2D eigenvalue weighted by Crippen LogP contribution is 2.19. The summed E-state index contributed by atoms with van der Waals surface area (Å²) < 4.78 is 5.42. The molecule has 3 rings (SSSR count). The molecule has 0 aliphatic carbocycles. The van der Waals surface area contributed by atoms with Crippen LogP contribution in [0.3, 0.4) is 0 Å². The monoisotopic (exact) mass is 371 g/mol. The number of urea groups is 1. The molecule has 1 aliphatic heterocycles. The number of para-hydroxylation sites is 1. The highest BCUT2D eigenvalue weighted by atomic mass is 16.5. The topological polar surface area (TPSA) is 83.3 Å². The highest BCUT2D eigenvalue weighted by Gasteiger charge is 2.25. The second-order valence-electron chi connectivity index (χ2n) is 7.52. The zero-order chi connectivity index (χ0) is 19.1. The van der Waals surface area contributed by atoms with Crippen molar-refractivity contribution in [2.75, 3.05) is 18.4 Å². The van der Waals surface area contributed by atoms with E-state index in [1.807, 2.05) is 30.3 Å². The van der Waals surface area contributed by atoms with Crippen LogP contribution in [0.5, 0.6) is 0 Å². The summed E-state index contributed by atoms with van der Waals surface area (Å²) in [4.78, 5) is 19.0. The molecule has 1 atom stereocenters. The standard InChI is InChI=1S/C20H29N5O2/c1-15(2)12-18-23-19(27-24-18)14-25-11-7-6-10-17(25)13-21-20(26)22-16-8-4-3-5-9-16/h3-5,8-9,15,17H,6-7,10-14H2,1-2H3,(H2,21,22,26)/t17-/m1/s1. The molecule has 0 unspecified atom stereocenters. The van der Waals surface area contributed by atoms with Crippen LogP contribution in [0.15, 0.2) is 34.9 Å². The van der Waals surface area contributed by atoms with Gasteiger partial charge in [-0.2, -0.15) is 4.98 Å². The largest absolute Gasteiger partial charge is 0.338 e. The second kappa shape index (κ2) is 9.50. The molecule has 2 aromatic rings. The van der Waals surface area contributed by atoms with Gasteiger partial charge >= 0.3 is 6.03 Å². The molecule has 2 N–H and O–H groups in total. The number of rotatable bonds is 7. The van der Waals surface area contributed by atoms with Gasteiger partial charge < -0.3 is 15.2 Å². The lowest BCUT2D eigenvalue weighted by Crippen LogP contribution is -2.47. The van der Waals surface area contributed by atoms with E-state index in [-0.39, 0.29) is 12.1 Å². The normalized spacial score (nSPS) is 17.8. The third-order valence-electron chi connectivity index (χ3n) is 4.72. The Morgan fingerprint density at radius 2 is 2.11 bits per heavy atom. The lowest BCUT2D eigenvalue weighted by Gasteiger charge is -2.34. The molecular weight excluding hydrogens is 342 g/mol. The van der Waals surface area contributed by atoms with Crippen LogP contribution in [0.1, 0.15) is 44.8 Å². The maximum atomic E-state index is 12.1. The number of nitrogens with one attached hydrogen (secondary N) is 2. The van der Waals surface area contributed by atoms with Crippen LogP contribution in [-0.2, 0) is 13.0 Å². The molecule has 1 aromatic heterocycles. The number of amides is 2. The summed E-state index contributed by atoms with van der Waals surface area (Å²) in [5, 5.41) is 9.92. The van der Waals surface area contributed by atoms with Gasteiger partial charge in [0.25, 0.3) is 0 Å². The van der Waals surface area contributed by atoms with Crippen LogP contribution in [0.2, 0.25) is 0 Å². The Morgan fingerprint density at radius 3 is 2.89 bits per heavy atom. The van der Waals surface area contributed by atoms with Gasteiger partial charge in [0.1, 0.15) is 0 Å². The van der Waals surface area contributed by atoms with E-state index >= 15 is 0 Å². The molecule has 0 saturated carbocycles. The number of hydrogen-bond acceptors (Lipinski definition) is 5. The molecule has 1 aromatic carbocycles. The Kier molecular flexibility index (Phi) is 6.81. The molecule has 7 heteroatoms. The SMILES string of the molecule is CC(C)Cc1noc(CN2CCCC[C@@H]2CNC(=O)Nc2ccccc2)n1. The van der Waals surface area contributed by atoms with Gasteiger partial charge in [0.15, 0.2) is 5.82 Å². The average Bonchev–Trinajstić information content (AvgIpc) is 3.08. The van der Waals surface area contributed by atoms with Gasteiger partial charge in [-0.25, -0.2) is 4.79 Å². The van der Waals surface area contributed by atoms with E-state index in [4.69, 9.17) is 4.52 Å². The number of carbonyl (C=O) groups is 1. The molecule has 2 amide bonds. The number of aromatic nitrogens is 2. The maximum absolute atomic E-state index is 12.1. The molecular formula is C20H29N5O2. The number of likely N-dealkylation sites (tertiary alicyclic amines) is 1. The molecule has 1 saturated heterocycles. The highest BCUT2D eigenvalue weighted by molar-refractivity contribution is 5.89. The minimum absolute atomic E-state index is 0.177. The smallest absolute Gasteiger partial charge is 0.319 e. The maximum Gasteiger partial charge on any atom is 0.319 e. The van der Waals surface area contributed by atoms with Crippen molar-refractivity contribution in [3.8, 4) is 0 Å². The minimum Gasteiger partial charge on any atom is -0.338 e. The predicted molar refractivity (Wildman–Crippen MR) is 104 cm³/mol. The molecule has 0 bridgehead atoms. The fraction of sp³-hybridized carbons (Fsp3) is 0.550. The van der Waals surface area contributed by atoms with Gasteiger partial charge in [0.2, 0.25) is 5.89 Å². The van der Waals surface area contributed by atoms with Crippen LogP contribution < -0.4 is 10.6 Å². The lowest BCUT2D eigenvalue weighted by molar-refractivity contribution is 0.123. The lowest BCUT2D eigenvalue weighted by atomic mass is 10.0. The summed E-state index contributed by atoms with van der Waals surface area (Å²) in [5.41, 5.74) is 0.791. The van der Waals surface area contributed by atoms with Crippen LogP contribution >= 0.6 is 0 Å². The van der Waals surface area contributed by atoms with Crippen LogP contribution in [0, 0.1) is 5.92 Å². The minimum atomic E-state index is -0.177. The Balaban J connectivity index is 1.51. The van der Waals surface area contributed by atoms with E-state index in [2.05, 4.69) is 39.5 Å². The number of carbonyl (C=O) groups excluding carboxylic acids is 1. The number of nitrogens with zero attached hydrogens (tertiary/aromatic N) is 3. The third kappa shape index (κ3) is 6.06. The van der Waals surface area contributed by atoms with Crippen LogP contribution in [0.4, 0.5) is 10.5 Å². The van der Waals surface area contributed by atoms with Crippen molar-refractivity contribution in [3.63, 3.8) is 0 Å². The first-order chi connectivity index (χ1) is 13.1. The van der Waals surface area contributed by atoms with Crippen LogP contribution in [-0.4, -0.2) is 40.2 Å². The predicted octanol–water partition coefficient (Wildman–Crippen LogP) is 3.44. The van der Waals surface area contributed by atoms with Crippen molar-refractivity contribution in [2.24, 2.45) is 5.92 Å². The first-order valence-corrected chi connectivity index (χ1v) is 9.75. The zero-order valence-electron chi connectivity index (χ0n) is 16.1. The number of hydrogen-bond donors (Lipinski definition) is 2. The van der Waals surface area contributed by atoms with Crippen molar-refractivity contribution >= 4 is 11.7 Å². The van der Waals surface area contributed by atoms with Gasteiger partial charge in [-0.15, -0.1) is 0 Å². The summed E-state index contributed by atoms with van der Waals surface area (Å²) >= 11 is 0. The summed E-state index contributed by atoms with van der Waals surface area (Å²) in [6.45, 7) is 6.50. The van der Waals surface area contributed by atoms with Gasteiger partial charge in [-0.3, -0.25) is 4.90 Å². The van der Waals surface area contributed by atoms with Crippen molar-refractivity contribution in [2.45, 2.75) is 52.1 Å². The molecule has 7 nitrogen and oxygen atoms in total. The molecule has 146 valence electrons. The quantitative estimate of drug-likeness (QED) is 0.779. The van der Waals surface area contributed by atoms with E-state index in [0.717, 1.165) is 37.3 Å². The molecule has 1 aliphatic rings. The van der Waals surface area contributed by atoms with Gasteiger partial charge in [-0.05, 0) is 37.4 Å². The molecule has 27 heavy (non-hydrogen) atoms. The van der Waals surface area contributed by atoms with Crippen LogP contribution in [0.25, 0.3) is 0 Å². The Hall–Kier alpha value is -2.41. The van der Waals surface area contributed by atoms with Gasteiger partial charge in [0.05, 0.1) is 6.54 Å². The molecule has 0 radical (unpaired) electrons. The number of piperidine rings is 1. The second-order valence-corrected chi connectivity index (χ2v) is 7.52. The first kappa shape index (κ1) is 19.4. The summed E-state index contributed by atoms with van der Waals surface area (Å²) in [6.07, 6.45) is 4.21. The van der Waals surface area contributed by atoms with Gasteiger partial charge in [-0.1, -0.05) is 43.6 Å². The fourth-order valence-corrected chi connectivity index (χ4v) is 3.38. The summed E-state index contributed by atoms with van der Waals surface area (Å²) in [5.74, 6) is 1.94. The van der Waals surface area contributed by atoms with E-state index < -0.39 is 0 Å². The number of anilines is 1. The third-order valence-corrected chi connectivity index (χ3v) is 4.72. The zero-order valence-corrected chi connectivity index (χ0v) is 16.1. The van der Waals surface area contributed by atoms with Crippen molar-refractivity contribution in [1.82, 2.24) is 20.4 Å². The summed E-state index contributed by atoms with van der Waals surface area (Å²) in [6, 6.07) is 9.57. The fourth-order valence-electron chi connectivity index (χ4n) is 3.38. The Labute approximate surface area is 160 Å². The Bertz CT molecular complexity index is 716. The molecule has 2 heterocycles. The van der Waals surface area contributed by atoms with E-state index in [1.165, 1.54) is 6.42 Å². The van der Waals surface area contributed by atoms with Crippen molar-refractivity contribution < 1.29 is 9.32 Å².